The van der Waals surface area contributed by atoms with Gasteiger partial charge < -0.3 is 4.74 Å². The molecule has 0 bridgehead atoms. The molecule has 0 aliphatic carbocycles. The van der Waals surface area contributed by atoms with Gasteiger partial charge in [-0.25, -0.2) is 4.98 Å². The SMILES string of the molecule is Cl.O=C(c1cccc(Cl)c1)N(CCCN1CCOCC1)c1nc2ccc(Br)cc2s1. The van der Waals surface area contributed by atoms with Crippen molar-refractivity contribution < 1.29 is 9.53 Å². The maximum Gasteiger partial charge on any atom is 0.260 e. The Morgan fingerprint density at radius 3 is 2.80 bits per heavy atom. The summed E-state index contributed by atoms with van der Waals surface area (Å²) in [5.41, 5.74) is 1.47. The van der Waals surface area contributed by atoms with Crippen molar-refractivity contribution in [1.82, 2.24) is 9.88 Å². The molecule has 1 aliphatic rings. The van der Waals surface area contributed by atoms with E-state index in [1.807, 2.05) is 18.2 Å². The van der Waals surface area contributed by atoms with Crippen molar-refractivity contribution in [1.29, 1.82) is 0 Å². The number of morpholine rings is 1. The van der Waals surface area contributed by atoms with Crippen LogP contribution in [0.2, 0.25) is 5.02 Å². The maximum atomic E-state index is 13.3. The molecule has 1 fully saturated rings. The Bertz CT molecular complexity index is 1010. The summed E-state index contributed by atoms with van der Waals surface area (Å²) < 4.78 is 7.46. The van der Waals surface area contributed by atoms with Gasteiger partial charge in [0.2, 0.25) is 0 Å². The van der Waals surface area contributed by atoms with Crippen LogP contribution >= 0.6 is 51.3 Å². The summed E-state index contributed by atoms with van der Waals surface area (Å²) in [7, 11) is 0. The highest BCUT2D eigenvalue weighted by atomic mass is 79.9. The number of carbonyl (C=O) groups excluding carboxylic acids is 1. The topological polar surface area (TPSA) is 45.7 Å². The van der Waals surface area contributed by atoms with Gasteiger partial charge in [-0.2, -0.15) is 0 Å². The van der Waals surface area contributed by atoms with Crippen LogP contribution in [0.3, 0.4) is 0 Å². The van der Waals surface area contributed by atoms with E-state index in [4.69, 9.17) is 21.3 Å². The number of anilines is 1. The van der Waals surface area contributed by atoms with Gasteiger partial charge in [-0.3, -0.25) is 14.6 Å². The number of fused-ring (bicyclic) bond motifs is 1. The van der Waals surface area contributed by atoms with Gasteiger partial charge in [-0.1, -0.05) is 44.9 Å². The van der Waals surface area contributed by atoms with Crippen LogP contribution in [0, 0.1) is 0 Å². The minimum absolute atomic E-state index is 0. The molecule has 9 heteroatoms. The molecule has 0 atom stereocenters. The number of aromatic nitrogens is 1. The number of hydrogen-bond acceptors (Lipinski definition) is 5. The standard InChI is InChI=1S/C21H21BrClN3O2S.ClH/c22-16-5-6-18-19(14-16)29-21(24-18)26(8-2-7-25-9-11-28-12-10-25)20(27)15-3-1-4-17(23)13-15;/h1,3-6,13-14H,2,7-12H2;1H. The molecule has 0 saturated carbocycles. The van der Waals surface area contributed by atoms with E-state index in [0.29, 0.717) is 22.3 Å². The third-order valence-electron chi connectivity index (χ3n) is 4.85. The molecule has 0 radical (unpaired) electrons. The fourth-order valence-corrected chi connectivity index (χ4v) is 5.07. The van der Waals surface area contributed by atoms with Crippen LogP contribution < -0.4 is 4.90 Å². The average molecular weight is 531 g/mol. The zero-order valence-electron chi connectivity index (χ0n) is 16.2. The fourth-order valence-electron chi connectivity index (χ4n) is 3.34. The molecule has 0 N–H and O–H groups in total. The average Bonchev–Trinajstić information content (AvgIpc) is 3.14. The smallest absolute Gasteiger partial charge is 0.260 e. The van der Waals surface area contributed by atoms with Crippen molar-refractivity contribution in [3.05, 3.63) is 57.5 Å². The highest BCUT2D eigenvalue weighted by molar-refractivity contribution is 9.10. The number of ether oxygens (including phenoxy) is 1. The Kier molecular flexibility index (Phi) is 8.51. The first kappa shape index (κ1) is 23.4. The van der Waals surface area contributed by atoms with Crippen LogP contribution in [0.5, 0.6) is 0 Å². The van der Waals surface area contributed by atoms with Gasteiger partial charge >= 0.3 is 0 Å². The molecule has 0 unspecified atom stereocenters. The Labute approximate surface area is 199 Å². The molecule has 0 spiro atoms. The summed E-state index contributed by atoms with van der Waals surface area (Å²) in [6.45, 7) is 4.97. The Morgan fingerprint density at radius 1 is 1.23 bits per heavy atom. The number of halogens is 3. The summed E-state index contributed by atoms with van der Waals surface area (Å²) in [5, 5.41) is 1.27. The molecule has 2 heterocycles. The fraction of sp³-hybridized carbons (Fsp3) is 0.333. The van der Waals surface area contributed by atoms with Crippen molar-refractivity contribution in [2.75, 3.05) is 44.3 Å². The molecule has 1 aliphatic heterocycles. The molecule has 30 heavy (non-hydrogen) atoms. The minimum atomic E-state index is -0.0763. The van der Waals surface area contributed by atoms with Crippen molar-refractivity contribution >= 4 is 72.5 Å². The second-order valence-electron chi connectivity index (χ2n) is 6.88. The van der Waals surface area contributed by atoms with E-state index < -0.39 is 0 Å². The summed E-state index contributed by atoms with van der Waals surface area (Å²) in [6.07, 6.45) is 0.867. The number of hydrogen-bond donors (Lipinski definition) is 0. The van der Waals surface area contributed by atoms with Crippen LogP contribution in [0.1, 0.15) is 16.8 Å². The van der Waals surface area contributed by atoms with Crippen LogP contribution in [-0.4, -0.2) is 55.2 Å². The first-order chi connectivity index (χ1) is 14.1. The van der Waals surface area contributed by atoms with Crippen LogP contribution in [0.25, 0.3) is 10.2 Å². The van der Waals surface area contributed by atoms with E-state index in [9.17, 15) is 4.79 Å². The Morgan fingerprint density at radius 2 is 2.03 bits per heavy atom. The number of thiazole rings is 1. The van der Waals surface area contributed by atoms with E-state index >= 15 is 0 Å². The van der Waals surface area contributed by atoms with E-state index in [1.165, 1.54) is 11.3 Å². The molecule has 1 amide bonds. The Hall–Kier alpha value is -1.22. The number of benzene rings is 2. The van der Waals surface area contributed by atoms with E-state index in [1.54, 1.807) is 29.2 Å². The van der Waals surface area contributed by atoms with Crippen LogP contribution in [0.15, 0.2) is 46.9 Å². The van der Waals surface area contributed by atoms with Crippen molar-refractivity contribution in [2.24, 2.45) is 0 Å². The largest absolute Gasteiger partial charge is 0.379 e. The molecular weight excluding hydrogens is 509 g/mol. The van der Waals surface area contributed by atoms with Gasteiger partial charge in [-0.15, -0.1) is 12.4 Å². The Balaban J connectivity index is 0.00000256. The van der Waals surface area contributed by atoms with Crippen molar-refractivity contribution in [2.45, 2.75) is 6.42 Å². The molecular formula is C21H22BrCl2N3O2S. The summed E-state index contributed by atoms with van der Waals surface area (Å²) in [4.78, 5) is 22.2. The van der Waals surface area contributed by atoms with E-state index in [2.05, 4.69) is 20.8 Å². The monoisotopic (exact) mass is 529 g/mol. The lowest BCUT2D eigenvalue weighted by Crippen LogP contribution is -2.39. The van der Waals surface area contributed by atoms with Crippen LogP contribution in [-0.2, 0) is 4.74 Å². The third-order valence-corrected chi connectivity index (χ3v) is 6.62. The van der Waals surface area contributed by atoms with Gasteiger partial charge in [0.05, 0.1) is 23.4 Å². The molecule has 3 aromatic rings. The second kappa shape index (κ2) is 10.9. The zero-order chi connectivity index (χ0) is 20.2. The molecule has 2 aromatic carbocycles. The molecule has 1 aromatic heterocycles. The quantitative estimate of drug-likeness (QED) is 0.422. The molecule has 4 rings (SSSR count). The van der Waals surface area contributed by atoms with E-state index in [-0.39, 0.29) is 18.3 Å². The lowest BCUT2D eigenvalue weighted by molar-refractivity contribution is 0.0376. The first-order valence-corrected chi connectivity index (χ1v) is 11.5. The molecule has 1 saturated heterocycles. The number of nitrogens with zero attached hydrogens (tertiary/aromatic N) is 3. The number of carbonyl (C=O) groups is 1. The lowest BCUT2D eigenvalue weighted by Gasteiger charge is -2.27. The van der Waals surface area contributed by atoms with Gasteiger partial charge in [0, 0.05) is 41.2 Å². The van der Waals surface area contributed by atoms with Gasteiger partial charge in [0.15, 0.2) is 5.13 Å². The van der Waals surface area contributed by atoms with E-state index in [0.717, 1.165) is 54.0 Å². The molecule has 160 valence electrons. The molecule has 5 nitrogen and oxygen atoms in total. The normalized spacial score (nSPS) is 14.5. The van der Waals surface area contributed by atoms with Crippen molar-refractivity contribution in [3.8, 4) is 0 Å². The van der Waals surface area contributed by atoms with Crippen LogP contribution in [0.4, 0.5) is 5.13 Å². The van der Waals surface area contributed by atoms with Gasteiger partial charge in [0.1, 0.15) is 0 Å². The summed E-state index contributed by atoms with van der Waals surface area (Å²) >= 11 is 11.2. The van der Waals surface area contributed by atoms with Crippen molar-refractivity contribution in [3.63, 3.8) is 0 Å². The predicted molar refractivity (Wildman–Crippen MR) is 130 cm³/mol. The summed E-state index contributed by atoms with van der Waals surface area (Å²) in [6, 6.07) is 13.1. The van der Waals surface area contributed by atoms with Gasteiger partial charge in [0.25, 0.3) is 5.91 Å². The highest BCUT2D eigenvalue weighted by Gasteiger charge is 2.22. The highest BCUT2D eigenvalue weighted by Crippen LogP contribution is 2.32. The predicted octanol–water partition coefficient (Wildman–Crippen LogP) is 5.50. The summed E-state index contributed by atoms with van der Waals surface area (Å²) in [5.74, 6) is -0.0763. The zero-order valence-corrected chi connectivity index (χ0v) is 20.2. The number of rotatable bonds is 6. The maximum absolute atomic E-state index is 13.3. The third kappa shape index (κ3) is 5.72. The second-order valence-corrected chi connectivity index (χ2v) is 9.24. The van der Waals surface area contributed by atoms with Gasteiger partial charge in [-0.05, 0) is 42.8 Å². The minimum Gasteiger partial charge on any atom is -0.379 e. The lowest BCUT2D eigenvalue weighted by atomic mass is 10.2. The first-order valence-electron chi connectivity index (χ1n) is 9.54. The number of amides is 1.